The first-order valence-corrected chi connectivity index (χ1v) is 16.9. The highest BCUT2D eigenvalue weighted by atomic mass is 32.2. The van der Waals surface area contributed by atoms with Crippen molar-refractivity contribution in [1.29, 1.82) is 0 Å². The summed E-state index contributed by atoms with van der Waals surface area (Å²) in [5.74, 6) is -1.74. The van der Waals surface area contributed by atoms with E-state index in [9.17, 15) is 36.3 Å². The molecule has 0 spiro atoms. The number of pyridine rings is 1. The van der Waals surface area contributed by atoms with E-state index in [0.717, 1.165) is 11.6 Å². The van der Waals surface area contributed by atoms with E-state index in [2.05, 4.69) is 4.98 Å². The Morgan fingerprint density at radius 1 is 1.02 bits per heavy atom. The van der Waals surface area contributed by atoms with Crippen LogP contribution < -0.4 is 0 Å². The Balaban J connectivity index is 1.57. The van der Waals surface area contributed by atoms with Gasteiger partial charge in [-0.2, -0.15) is 13.2 Å². The summed E-state index contributed by atoms with van der Waals surface area (Å²) in [6.45, 7) is 3.38. The fourth-order valence-electron chi connectivity index (χ4n) is 5.92. The molecule has 0 saturated heterocycles. The number of carbonyl (C=O) groups is 2. The minimum Gasteiger partial charge on any atom is -0.512 e. The van der Waals surface area contributed by atoms with Crippen LogP contribution in [0.5, 0.6) is 0 Å². The average molecular weight is 658 g/mol. The quantitative estimate of drug-likeness (QED) is 0.139. The number of halogens is 3. The molecule has 2 heterocycles. The first kappa shape index (κ1) is 34.9. The molecule has 3 aromatic rings. The number of cyclic esters (lactones) is 1. The zero-order valence-electron chi connectivity index (χ0n) is 25.8. The molecule has 1 aliphatic rings. The van der Waals surface area contributed by atoms with Crippen LogP contribution >= 0.6 is 0 Å². The first-order chi connectivity index (χ1) is 21.7. The monoisotopic (exact) mass is 657 g/mol. The summed E-state index contributed by atoms with van der Waals surface area (Å²) in [6, 6.07) is 17.8. The third-order valence-electron chi connectivity index (χ3n) is 8.30. The van der Waals surface area contributed by atoms with Gasteiger partial charge in [0.2, 0.25) is 0 Å². The number of alkyl halides is 3. The van der Waals surface area contributed by atoms with Gasteiger partial charge in [-0.05, 0) is 74.3 Å². The lowest BCUT2D eigenvalue weighted by Crippen LogP contribution is -2.41. The predicted molar refractivity (Wildman–Crippen MR) is 167 cm³/mol. The Labute approximate surface area is 267 Å². The number of aryl methyl sites for hydroxylation is 1. The van der Waals surface area contributed by atoms with Crippen LogP contribution in [-0.4, -0.2) is 35.9 Å². The lowest BCUT2D eigenvalue weighted by molar-refractivity contribution is -0.161. The van der Waals surface area contributed by atoms with Crippen molar-refractivity contribution in [3.05, 3.63) is 107 Å². The van der Waals surface area contributed by atoms with E-state index in [1.165, 1.54) is 6.92 Å². The van der Waals surface area contributed by atoms with E-state index >= 15 is 0 Å². The first-order valence-electron chi connectivity index (χ1n) is 15.3. The molecule has 246 valence electrons. The summed E-state index contributed by atoms with van der Waals surface area (Å²) in [6.07, 6.45) is -0.315. The zero-order valence-corrected chi connectivity index (χ0v) is 26.7. The van der Waals surface area contributed by atoms with Crippen LogP contribution in [0.3, 0.4) is 0 Å². The summed E-state index contributed by atoms with van der Waals surface area (Å²) < 4.78 is 70.9. The number of nitrogens with zero attached hydrogens (tertiary/aromatic N) is 1. The minimum absolute atomic E-state index is 0.0743. The number of aliphatic hydroxyl groups excluding tert-OH is 1. The van der Waals surface area contributed by atoms with Crippen LogP contribution in [0.1, 0.15) is 87.0 Å². The third-order valence-corrected chi connectivity index (χ3v) is 9.89. The zero-order chi connectivity index (χ0) is 33.5. The predicted octanol–water partition coefficient (Wildman–Crippen LogP) is 7.85. The van der Waals surface area contributed by atoms with Crippen molar-refractivity contribution in [2.45, 2.75) is 93.7 Å². The highest BCUT2D eigenvalue weighted by Crippen LogP contribution is 2.42. The van der Waals surface area contributed by atoms with Crippen molar-refractivity contribution in [1.82, 2.24) is 4.98 Å². The van der Waals surface area contributed by atoms with Crippen molar-refractivity contribution in [2.75, 3.05) is 0 Å². The van der Waals surface area contributed by atoms with E-state index in [1.54, 1.807) is 24.3 Å². The van der Waals surface area contributed by atoms with E-state index < -0.39 is 49.8 Å². The molecule has 0 unspecified atom stereocenters. The molecule has 1 N–H and O–H groups in total. The Bertz CT molecular complexity index is 1670. The van der Waals surface area contributed by atoms with Crippen LogP contribution in [0, 0.1) is 0 Å². The Hall–Kier alpha value is -3.99. The van der Waals surface area contributed by atoms with Crippen molar-refractivity contribution >= 4 is 21.6 Å². The van der Waals surface area contributed by atoms with Gasteiger partial charge < -0.3 is 14.6 Å². The Morgan fingerprint density at radius 2 is 1.74 bits per heavy atom. The maximum absolute atomic E-state index is 13.7. The highest BCUT2D eigenvalue weighted by molar-refractivity contribution is 7.90. The van der Waals surface area contributed by atoms with Gasteiger partial charge >= 0.3 is 12.1 Å². The molecule has 7 nitrogen and oxygen atoms in total. The lowest BCUT2D eigenvalue weighted by Gasteiger charge is -2.39. The second-order valence-electron chi connectivity index (χ2n) is 11.9. The van der Waals surface area contributed by atoms with Gasteiger partial charge in [-0.15, -0.1) is 0 Å². The van der Waals surface area contributed by atoms with Gasteiger partial charge in [-0.1, -0.05) is 61.5 Å². The number of aliphatic hydroxyl groups is 1. The highest BCUT2D eigenvalue weighted by Gasteiger charge is 2.43. The number of aromatic nitrogens is 1. The van der Waals surface area contributed by atoms with Crippen LogP contribution in [0.25, 0.3) is 0 Å². The van der Waals surface area contributed by atoms with Gasteiger partial charge in [0.1, 0.15) is 17.1 Å². The molecule has 46 heavy (non-hydrogen) atoms. The summed E-state index contributed by atoms with van der Waals surface area (Å²) in [5.41, 5.74) is 0.135. The molecule has 4 rings (SSSR count). The minimum atomic E-state index is -4.64. The number of hydrogen-bond donors (Lipinski definition) is 1. The molecule has 0 radical (unpaired) electrons. The van der Waals surface area contributed by atoms with Gasteiger partial charge in [0, 0.05) is 25.0 Å². The van der Waals surface area contributed by atoms with Crippen LogP contribution in [0.2, 0.25) is 0 Å². The number of ketones is 1. The normalized spacial score (nSPS) is 17.9. The third kappa shape index (κ3) is 8.84. The maximum atomic E-state index is 13.7. The Kier molecular flexibility index (Phi) is 11.1. The molecule has 1 aliphatic heterocycles. The Morgan fingerprint density at radius 3 is 2.35 bits per heavy atom. The second-order valence-corrected chi connectivity index (χ2v) is 13.8. The molecule has 0 amide bonds. The molecular weight excluding hydrogens is 619 g/mol. The van der Waals surface area contributed by atoms with Crippen molar-refractivity contribution in [3.8, 4) is 0 Å². The van der Waals surface area contributed by atoms with Gasteiger partial charge in [-0.25, -0.2) is 18.2 Å². The van der Waals surface area contributed by atoms with Gasteiger partial charge in [0.25, 0.3) is 0 Å². The molecule has 0 saturated carbocycles. The van der Waals surface area contributed by atoms with E-state index in [4.69, 9.17) is 4.74 Å². The number of sulfone groups is 1. The second kappa shape index (κ2) is 14.6. The molecule has 0 bridgehead atoms. The summed E-state index contributed by atoms with van der Waals surface area (Å²) in [4.78, 5) is 28.7. The number of Topliss-reactive ketones (excluding diaryl/α,β-unsaturated/α-hetero) is 1. The fourth-order valence-corrected chi connectivity index (χ4v) is 7.18. The molecule has 0 fully saturated rings. The number of carbonyl (C=O) groups excluding carboxylic acids is 2. The maximum Gasteiger partial charge on any atom is 0.417 e. The van der Waals surface area contributed by atoms with Crippen molar-refractivity contribution in [2.24, 2.45) is 0 Å². The van der Waals surface area contributed by atoms with Crippen LogP contribution in [0.15, 0.2) is 89.3 Å². The topological polar surface area (TPSA) is 111 Å². The number of hydrogen-bond acceptors (Lipinski definition) is 7. The summed E-state index contributed by atoms with van der Waals surface area (Å²) in [7, 11) is -4.09. The number of esters is 1. The molecule has 2 aromatic carbocycles. The van der Waals surface area contributed by atoms with Crippen molar-refractivity contribution in [3.63, 3.8) is 0 Å². The number of unbranched alkanes of at least 4 members (excludes halogenated alkanes) is 1. The van der Waals surface area contributed by atoms with E-state index in [1.807, 2.05) is 37.3 Å². The van der Waals surface area contributed by atoms with E-state index in [0.29, 0.717) is 68.3 Å². The molecular formula is C35H38F3NO6S. The smallest absolute Gasteiger partial charge is 0.417 e. The average Bonchev–Trinajstić information content (AvgIpc) is 3.00. The number of ether oxygens (including phenoxy) is 1. The SMILES string of the molecule is CC[C@@H](C1=C(O)C[C@@](CCCCC(C)=O)(CCc2ccccc2)OC1=O)c1cccc(CS(=O)(=O)c2ccc(C(F)(F)F)cn2)c1. The fraction of sp³-hybridized carbons (Fsp3) is 0.400. The van der Waals surface area contributed by atoms with Crippen LogP contribution in [-0.2, 0) is 42.5 Å². The lowest BCUT2D eigenvalue weighted by atomic mass is 9.79. The van der Waals surface area contributed by atoms with Gasteiger partial charge in [0.15, 0.2) is 14.9 Å². The summed E-state index contributed by atoms with van der Waals surface area (Å²) in [5, 5.41) is 10.9. The van der Waals surface area contributed by atoms with Crippen LogP contribution in [0.4, 0.5) is 13.2 Å². The number of benzene rings is 2. The van der Waals surface area contributed by atoms with Crippen molar-refractivity contribution < 1.29 is 41.0 Å². The number of rotatable bonds is 14. The molecule has 1 aromatic heterocycles. The molecule has 0 aliphatic carbocycles. The molecule has 11 heteroatoms. The summed E-state index contributed by atoms with van der Waals surface area (Å²) >= 11 is 0. The van der Waals surface area contributed by atoms with Gasteiger partial charge in [-0.3, -0.25) is 0 Å². The molecule has 2 atom stereocenters. The largest absolute Gasteiger partial charge is 0.512 e. The van der Waals surface area contributed by atoms with Gasteiger partial charge in [0.05, 0.1) is 16.9 Å². The van der Waals surface area contributed by atoms with E-state index in [-0.39, 0.29) is 23.5 Å². The standard InChI is InChI=1S/C35H38F3NO6S/c1-3-29(27-14-9-13-26(20-27)23-46(43,44)31-16-15-28(22-39-31)35(36,37)38)32-30(41)21-34(45-33(32)42,18-8-7-10-24(2)40)19-17-25-11-5-4-6-12-25/h4-6,9,11-16,20,22,29,41H,3,7-8,10,17-19,21,23H2,1-2H3/t29-,34-/m1/s1.